The van der Waals surface area contributed by atoms with Crippen LogP contribution in [0.3, 0.4) is 0 Å². The van der Waals surface area contributed by atoms with Gasteiger partial charge in [0.2, 0.25) is 11.8 Å². The molecule has 2 aromatic carbocycles. The fourth-order valence-corrected chi connectivity index (χ4v) is 3.42. The van der Waals surface area contributed by atoms with Crippen LogP contribution >= 0.6 is 0 Å². The number of nitrogens with zero attached hydrogens (tertiary/aromatic N) is 1. The van der Waals surface area contributed by atoms with E-state index in [1.165, 1.54) is 17.7 Å². The average Bonchev–Trinajstić information content (AvgIpc) is 2.73. The molecule has 2 rings (SSSR count). The highest BCUT2D eigenvalue weighted by atomic mass is 19.1. The van der Waals surface area contributed by atoms with Crippen molar-refractivity contribution in [1.29, 1.82) is 0 Å². The molecule has 2 aromatic rings. The van der Waals surface area contributed by atoms with Crippen LogP contribution in [0.1, 0.15) is 57.2 Å². The Morgan fingerprint density at radius 1 is 0.933 bits per heavy atom. The summed E-state index contributed by atoms with van der Waals surface area (Å²) in [4.78, 5) is 27.6. The van der Waals surface area contributed by atoms with Crippen LogP contribution in [0.2, 0.25) is 0 Å². The second-order valence-electron chi connectivity index (χ2n) is 7.91. The lowest BCUT2D eigenvalue weighted by molar-refractivity contribution is -0.141. The zero-order valence-corrected chi connectivity index (χ0v) is 18.5. The molecule has 0 saturated carbocycles. The molecule has 5 heteroatoms. The van der Waals surface area contributed by atoms with Gasteiger partial charge >= 0.3 is 0 Å². The molecule has 0 aliphatic rings. The minimum Gasteiger partial charge on any atom is -0.352 e. The van der Waals surface area contributed by atoms with Crippen LogP contribution in [0.15, 0.2) is 48.5 Å². The monoisotopic (exact) mass is 412 g/mol. The van der Waals surface area contributed by atoms with Gasteiger partial charge in [-0.15, -0.1) is 0 Å². The summed E-state index contributed by atoms with van der Waals surface area (Å²) in [7, 11) is 0. The molecule has 4 nitrogen and oxygen atoms in total. The third-order valence-electron chi connectivity index (χ3n) is 5.14. The molecule has 0 aliphatic carbocycles. The Hall–Kier alpha value is -2.69. The summed E-state index contributed by atoms with van der Waals surface area (Å²) >= 11 is 0. The highest BCUT2D eigenvalue weighted by Gasteiger charge is 2.28. The van der Waals surface area contributed by atoms with E-state index in [9.17, 15) is 14.0 Å². The number of carbonyl (C=O) groups excluding carboxylic acids is 2. The van der Waals surface area contributed by atoms with E-state index >= 15 is 0 Å². The number of rotatable bonds is 10. The minimum atomic E-state index is -0.563. The molecule has 0 aliphatic heterocycles. The summed E-state index contributed by atoms with van der Waals surface area (Å²) < 4.78 is 13.3. The molecule has 1 atom stereocenters. The molecule has 0 saturated heterocycles. The maximum absolute atomic E-state index is 13.3. The number of benzene rings is 2. The standard InChI is InChI=1S/C25H33FN2O2/c1-5-19-7-9-20(10-8-19)13-16-24(29)28(17-21-11-14-22(26)15-12-21)23(6-2)25(30)27-18(3)4/h7-12,14-15,18,23H,5-6,13,16-17H2,1-4H3,(H,27,30)/t23-/m0/s1. The highest BCUT2D eigenvalue weighted by molar-refractivity contribution is 5.87. The van der Waals surface area contributed by atoms with E-state index in [-0.39, 0.29) is 30.2 Å². The number of halogens is 1. The molecule has 2 amide bonds. The topological polar surface area (TPSA) is 49.4 Å². The third-order valence-corrected chi connectivity index (χ3v) is 5.14. The molecule has 0 unspecified atom stereocenters. The van der Waals surface area contributed by atoms with Gasteiger partial charge in [0, 0.05) is 19.0 Å². The second kappa shape index (κ2) is 11.5. The van der Waals surface area contributed by atoms with Crippen molar-refractivity contribution in [3.05, 3.63) is 71.0 Å². The molecule has 30 heavy (non-hydrogen) atoms. The van der Waals surface area contributed by atoms with Crippen LogP contribution < -0.4 is 5.32 Å². The highest BCUT2D eigenvalue weighted by Crippen LogP contribution is 2.16. The van der Waals surface area contributed by atoms with Gasteiger partial charge in [0.25, 0.3) is 0 Å². The number of amides is 2. The van der Waals surface area contributed by atoms with Gasteiger partial charge in [0.1, 0.15) is 11.9 Å². The van der Waals surface area contributed by atoms with Gasteiger partial charge in [-0.05, 0) is 61.9 Å². The van der Waals surface area contributed by atoms with Gasteiger partial charge in [-0.1, -0.05) is 50.2 Å². The zero-order valence-electron chi connectivity index (χ0n) is 18.5. The van der Waals surface area contributed by atoms with Gasteiger partial charge in [-0.25, -0.2) is 4.39 Å². The van der Waals surface area contributed by atoms with Crippen molar-refractivity contribution < 1.29 is 14.0 Å². The number of nitrogens with one attached hydrogen (secondary N) is 1. The Balaban J connectivity index is 2.17. The first-order chi connectivity index (χ1) is 14.3. The van der Waals surface area contributed by atoms with E-state index in [0.29, 0.717) is 19.3 Å². The van der Waals surface area contributed by atoms with Gasteiger partial charge in [0.05, 0.1) is 0 Å². The summed E-state index contributed by atoms with van der Waals surface area (Å²) in [6.07, 6.45) is 2.42. The van der Waals surface area contributed by atoms with Crippen LogP contribution in [-0.2, 0) is 29.0 Å². The second-order valence-corrected chi connectivity index (χ2v) is 7.91. The first-order valence-electron chi connectivity index (χ1n) is 10.8. The van der Waals surface area contributed by atoms with Crippen molar-refractivity contribution in [2.75, 3.05) is 0 Å². The molecule has 162 valence electrons. The molecule has 0 bridgehead atoms. The quantitative estimate of drug-likeness (QED) is 0.617. The molecule has 0 aromatic heterocycles. The van der Waals surface area contributed by atoms with Crippen molar-refractivity contribution in [2.24, 2.45) is 0 Å². The smallest absolute Gasteiger partial charge is 0.243 e. The predicted octanol–water partition coefficient (Wildman–Crippen LogP) is 4.65. The number of hydrogen-bond acceptors (Lipinski definition) is 2. The van der Waals surface area contributed by atoms with Crippen molar-refractivity contribution in [3.8, 4) is 0 Å². The minimum absolute atomic E-state index is 0.00796. The van der Waals surface area contributed by atoms with Crippen molar-refractivity contribution in [3.63, 3.8) is 0 Å². The Labute approximate surface area is 179 Å². The molecular formula is C25H33FN2O2. The van der Waals surface area contributed by atoms with Crippen LogP contribution in [0, 0.1) is 5.82 Å². The summed E-state index contributed by atoms with van der Waals surface area (Å²) in [5, 5.41) is 2.92. The van der Waals surface area contributed by atoms with E-state index in [0.717, 1.165) is 17.5 Å². The number of hydrogen-bond donors (Lipinski definition) is 1. The average molecular weight is 413 g/mol. The van der Waals surface area contributed by atoms with Crippen molar-refractivity contribution in [2.45, 2.75) is 72.0 Å². The van der Waals surface area contributed by atoms with Crippen molar-refractivity contribution >= 4 is 11.8 Å². The Bertz CT molecular complexity index is 816. The van der Waals surface area contributed by atoms with Gasteiger partial charge in [-0.2, -0.15) is 0 Å². The fraction of sp³-hybridized carbons (Fsp3) is 0.440. The lowest BCUT2D eigenvalue weighted by Gasteiger charge is -2.31. The normalized spacial score (nSPS) is 11.9. The van der Waals surface area contributed by atoms with Crippen LogP contribution in [0.4, 0.5) is 4.39 Å². The lowest BCUT2D eigenvalue weighted by Crippen LogP contribution is -2.50. The zero-order chi connectivity index (χ0) is 22.1. The van der Waals surface area contributed by atoms with E-state index in [1.54, 1.807) is 17.0 Å². The Morgan fingerprint density at radius 2 is 1.50 bits per heavy atom. The molecule has 1 N–H and O–H groups in total. The van der Waals surface area contributed by atoms with Crippen molar-refractivity contribution in [1.82, 2.24) is 10.2 Å². The first kappa shape index (κ1) is 23.6. The van der Waals surface area contributed by atoms with E-state index in [2.05, 4.69) is 36.5 Å². The molecule has 0 fully saturated rings. The summed E-state index contributed by atoms with van der Waals surface area (Å²) in [6, 6.07) is 13.8. The number of aryl methyl sites for hydroxylation is 2. The SMILES string of the molecule is CCc1ccc(CCC(=O)N(Cc2ccc(F)cc2)[C@@H](CC)C(=O)NC(C)C)cc1. The summed E-state index contributed by atoms with van der Waals surface area (Å²) in [5.41, 5.74) is 3.16. The lowest BCUT2D eigenvalue weighted by atomic mass is 10.0. The Morgan fingerprint density at radius 3 is 2.03 bits per heavy atom. The van der Waals surface area contributed by atoms with E-state index < -0.39 is 6.04 Å². The van der Waals surface area contributed by atoms with Crippen LogP contribution in [-0.4, -0.2) is 28.8 Å². The molecule has 0 radical (unpaired) electrons. The molecular weight excluding hydrogens is 379 g/mol. The van der Waals surface area contributed by atoms with Crippen LogP contribution in [0.5, 0.6) is 0 Å². The maximum atomic E-state index is 13.3. The van der Waals surface area contributed by atoms with Gasteiger partial charge in [0.15, 0.2) is 0 Å². The van der Waals surface area contributed by atoms with E-state index in [4.69, 9.17) is 0 Å². The fourth-order valence-electron chi connectivity index (χ4n) is 3.42. The molecule has 0 spiro atoms. The Kier molecular flexibility index (Phi) is 9.03. The third kappa shape index (κ3) is 6.97. The summed E-state index contributed by atoms with van der Waals surface area (Å²) in [5.74, 6) is -0.559. The van der Waals surface area contributed by atoms with Gasteiger partial charge in [-0.3, -0.25) is 9.59 Å². The van der Waals surface area contributed by atoms with E-state index in [1.807, 2.05) is 20.8 Å². The number of carbonyl (C=O) groups is 2. The van der Waals surface area contributed by atoms with Gasteiger partial charge < -0.3 is 10.2 Å². The first-order valence-corrected chi connectivity index (χ1v) is 10.8. The largest absolute Gasteiger partial charge is 0.352 e. The van der Waals surface area contributed by atoms with Crippen LogP contribution in [0.25, 0.3) is 0 Å². The maximum Gasteiger partial charge on any atom is 0.243 e. The summed E-state index contributed by atoms with van der Waals surface area (Å²) in [6.45, 7) is 8.09. The molecule has 0 heterocycles. The predicted molar refractivity (Wildman–Crippen MR) is 118 cm³/mol.